The van der Waals surface area contributed by atoms with E-state index in [2.05, 4.69) is 10.6 Å². The molecule has 1 fully saturated rings. The predicted molar refractivity (Wildman–Crippen MR) is 102 cm³/mol. The Bertz CT molecular complexity index is 705. The third-order valence-electron chi connectivity index (χ3n) is 4.68. The molecule has 3 amide bonds. The van der Waals surface area contributed by atoms with Crippen LogP contribution in [0.15, 0.2) is 18.2 Å². The molecule has 0 heterocycles. The minimum absolute atomic E-state index is 0.00708. The molecule has 0 spiro atoms. The number of benzene rings is 1. The van der Waals surface area contributed by atoms with Gasteiger partial charge in [0.25, 0.3) is 5.91 Å². The molecular formula is C19H26ClN3O3. The van der Waals surface area contributed by atoms with Gasteiger partial charge in [-0.2, -0.15) is 0 Å². The van der Waals surface area contributed by atoms with Crippen molar-refractivity contribution in [2.24, 2.45) is 11.8 Å². The third kappa shape index (κ3) is 5.21. The van der Waals surface area contributed by atoms with Crippen molar-refractivity contribution < 1.29 is 14.4 Å². The first kappa shape index (κ1) is 20.2. The molecule has 7 heteroatoms. The SMILES string of the molecule is CC(C)N(C)C(=O)c1ccc(Cl)c(NC(=O)CCNC(=O)[C@@H]2C[C@@H]2C)c1. The monoisotopic (exact) mass is 379 g/mol. The summed E-state index contributed by atoms with van der Waals surface area (Å²) in [4.78, 5) is 37.9. The fourth-order valence-corrected chi connectivity index (χ4v) is 2.69. The van der Waals surface area contributed by atoms with E-state index < -0.39 is 0 Å². The Balaban J connectivity index is 1.91. The lowest BCUT2D eigenvalue weighted by Gasteiger charge is -2.22. The van der Waals surface area contributed by atoms with Crippen LogP contribution >= 0.6 is 11.6 Å². The molecule has 142 valence electrons. The lowest BCUT2D eigenvalue weighted by molar-refractivity contribution is -0.122. The summed E-state index contributed by atoms with van der Waals surface area (Å²) in [5.41, 5.74) is 0.846. The number of hydrogen-bond donors (Lipinski definition) is 2. The lowest BCUT2D eigenvalue weighted by atomic mass is 10.1. The van der Waals surface area contributed by atoms with E-state index in [0.717, 1.165) is 6.42 Å². The topological polar surface area (TPSA) is 78.5 Å². The molecule has 1 saturated carbocycles. The minimum Gasteiger partial charge on any atom is -0.355 e. The van der Waals surface area contributed by atoms with E-state index >= 15 is 0 Å². The maximum atomic E-state index is 12.4. The molecule has 0 saturated heterocycles. The first-order chi connectivity index (χ1) is 12.2. The molecule has 6 nitrogen and oxygen atoms in total. The maximum Gasteiger partial charge on any atom is 0.253 e. The number of anilines is 1. The van der Waals surface area contributed by atoms with E-state index in [-0.39, 0.29) is 42.6 Å². The molecule has 26 heavy (non-hydrogen) atoms. The number of halogens is 1. The summed E-state index contributed by atoms with van der Waals surface area (Å²) >= 11 is 6.13. The van der Waals surface area contributed by atoms with Gasteiger partial charge < -0.3 is 15.5 Å². The Morgan fingerprint density at radius 2 is 1.96 bits per heavy atom. The lowest BCUT2D eigenvalue weighted by Crippen LogP contribution is -2.33. The molecule has 0 unspecified atom stereocenters. The molecule has 1 aromatic carbocycles. The largest absolute Gasteiger partial charge is 0.355 e. The summed E-state index contributed by atoms with van der Waals surface area (Å²) in [6.45, 7) is 6.16. The molecule has 1 aliphatic rings. The summed E-state index contributed by atoms with van der Waals surface area (Å²) in [7, 11) is 1.73. The van der Waals surface area contributed by atoms with Gasteiger partial charge in [0, 0.05) is 37.5 Å². The van der Waals surface area contributed by atoms with Gasteiger partial charge in [0.1, 0.15) is 0 Å². The van der Waals surface area contributed by atoms with Crippen LogP contribution in [0, 0.1) is 11.8 Å². The van der Waals surface area contributed by atoms with Crippen molar-refractivity contribution in [3.05, 3.63) is 28.8 Å². The van der Waals surface area contributed by atoms with Crippen molar-refractivity contribution in [3.8, 4) is 0 Å². The standard InChI is InChI=1S/C19H26ClN3O3/c1-11(2)23(4)19(26)13-5-6-15(20)16(10-13)22-17(24)7-8-21-18(25)14-9-12(14)3/h5-6,10-12,14H,7-9H2,1-4H3,(H,21,25)(H,22,24)/t12-,14+/m0/s1. The zero-order chi connectivity index (χ0) is 19.4. The number of hydrogen-bond acceptors (Lipinski definition) is 3. The highest BCUT2D eigenvalue weighted by molar-refractivity contribution is 6.33. The van der Waals surface area contributed by atoms with Crippen LogP contribution in [-0.2, 0) is 9.59 Å². The Hall–Kier alpha value is -2.08. The van der Waals surface area contributed by atoms with Gasteiger partial charge in [-0.1, -0.05) is 18.5 Å². The van der Waals surface area contributed by atoms with E-state index in [9.17, 15) is 14.4 Å². The molecule has 2 N–H and O–H groups in total. The minimum atomic E-state index is -0.266. The molecule has 1 aliphatic carbocycles. The first-order valence-corrected chi connectivity index (χ1v) is 9.22. The normalized spacial score (nSPS) is 18.4. The fourth-order valence-electron chi connectivity index (χ4n) is 2.52. The number of carbonyl (C=O) groups is 3. The van der Waals surface area contributed by atoms with E-state index in [1.54, 1.807) is 30.1 Å². The van der Waals surface area contributed by atoms with E-state index in [4.69, 9.17) is 11.6 Å². The van der Waals surface area contributed by atoms with Gasteiger partial charge >= 0.3 is 0 Å². The van der Waals surface area contributed by atoms with Gasteiger partial charge in [-0.3, -0.25) is 14.4 Å². The Labute approximate surface area is 159 Å². The number of rotatable bonds is 7. The highest BCUT2D eigenvalue weighted by Crippen LogP contribution is 2.37. The maximum absolute atomic E-state index is 12.4. The van der Waals surface area contributed by atoms with Gasteiger partial charge in [-0.15, -0.1) is 0 Å². The molecular weight excluding hydrogens is 354 g/mol. The van der Waals surface area contributed by atoms with Gasteiger partial charge in [0.05, 0.1) is 10.7 Å². The third-order valence-corrected chi connectivity index (χ3v) is 5.01. The van der Waals surface area contributed by atoms with Crippen molar-refractivity contribution in [2.45, 2.75) is 39.7 Å². The highest BCUT2D eigenvalue weighted by atomic mass is 35.5. The van der Waals surface area contributed by atoms with Crippen LogP contribution in [0.3, 0.4) is 0 Å². The van der Waals surface area contributed by atoms with E-state index in [1.165, 1.54) is 0 Å². The average Bonchev–Trinajstić information content (AvgIpc) is 3.32. The second kappa shape index (κ2) is 8.54. The van der Waals surface area contributed by atoms with Crippen LogP contribution in [-0.4, -0.2) is 42.3 Å². The van der Waals surface area contributed by atoms with Crippen molar-refractivity contribution >= 4 is 35.0 Å². The van der Waals surface area contributed by atoms with Crippen molar-refractivity contribution in [1.29, 1.82) is 0 Å². The Kier molecular flexibility index (Phi) is 6.64. The van der Waals surface area contributed by atoms with Gasteiger partial charge in [-0.25, -0.2) is 0 Å². The van der Waals surface area contributed by atoms with Crippen LogP contribution < -0.4 is 10.6 Å². The molecule has 2 atom stereocenters. The highest BCUT2D eigenvalue weighted by Gasteiger charge is 2.38. The second-order valence-corrected chi connectivity index (χ2v) is 7.52. The zero-order valence-corrected chi connectivity index (χ0v) is 16.4. The number of nitrogens with zero attached hydrogens (tertiary/aromatic N) is 1. The molecule has 0 radical (unpaired) electrons. The molecule has 1 aromatic rings. The van der Waals surface area contributed by atoms with Crippen molar-refractivity contribution in [2.75, 3.05) is 18.9 Å². The van der Waals surface area contributed by atoms with Crippen LogP contribution in [0.4, 0.5) is 5.69 Å². The molecule has 2 rings (SSSR count). The second-order valence-electron chi connectivity index (χ2n) is 7.11. The number of carbonyl (C=O) groups excluding carboxylic acids is 3. The molecule has 0 aliphatic heterocycles. The Morgan fingerprint density at radius 1 is 1.31 bits per heavy atom. The van der Waals surface area contributed by atoms with E-state index in [0.29, 0.717) is 22.2 Å². The van der Waals surface area contributed by atoms with Crippen LogP contribution in [0.25, 0.3) is 0 Å². The summed E-state index contributed by atoms with van der Waals surface area (Å²) in [6.07, 6.45) is 1.06. The van der Waals surface area contributed by atoms with Crippen molar-refractivity contribution in [1.82, 2.24) is 10.2 Å². The summed E-state index contributed by atoms with van der Waals surface area (Å²) in [6, 6.07) is 4.87. The van der Waals surface area contributed by atoms with Gasteiger partial charge in [0.15, 0.2) is 0 Å². The molecule has 0 bridgehead atoms. The van der Waals surface area contributed by atoms with Gasteiger partial charge in [-0.05, 0) is 44.4 Å². The smallest absolute Gasteiger partial charge is 0.253 e. The quantitative estimate of drug-likeness (QED) is 0.764. The predicted octanol–water partition coefficient (Wildman–Crippen LogP) is 2.92. The van der Waals surface area contributed by atoms with E-state index in [1.807, 2.05) is 20.8 Å². The van der Waals surface area contributed by atoms with Gasteiger partial charge in [0.2, 0.25) is 11.8 Å². The van der Waals surface area contributed by atoms with Crippen LogP contribution in [0.5, 0.6) is 0 Å². The van der Waals surface area contributed by atoms with Crippen LogP contribution in [0.1, 0.15) is 44.0 Å². The van der Waals surface area contributed by atoms with Crippen molar-refractivity contribution in [3.63, 3.8) is 0 Å². The summed E-state index contributed by atoms with van der Waals surface area (Å²) < 4.78 is 0. The fraction of sp³-hybridized carbons (Fsp3) is 0.526. The average molecular weight is 380 g/mol. The number of nitrogens with one attached hydrogen (secondary N) is 2. The number of amides is 3. The van der Waals surface area contributed by atoms with Crippen LogP contribution in [0.2, 0.25) is 5.02 Å². The first-order valence-electron chi connectivity index (χ1n) is 8.85. The zero-order valence-electron chi connectivity index (χ0n) is 15.6. The Morgan fingerprint density at radius 3 is 2.54 bits per heavy atom. The summed E-state index contributed by atoms with van der Waals surface area (Å²) in [5, 5.41) is 5.84. The molecule has 0 aromatic heterocycles. The summed E-state index contributed by atoms with van der Waals surface area (Å²) in [5.74, 6) is 0.128.